The molecule has 0 atom stereocenters. The lowest BCUT2D eigenvalue weighted by Gasteiger charge is -2.31. The summed E-state index contributed by atoms with van der Waals surface area (Å²) in [5.41, 5.74) is 3.11. The fourth-order valence-electron chi connectivity index (χ4n) is 3.90. The monoisotopic (exact) mass is 409 g/mol. The summed E-state index contributed by atoms with van der Waals surface area (Å²) >= 11 is 1.85. The second-order valence-electron chi connectivity index (χ2n) is 7.53. The molecule has 1 saturated heterocycles. The van der Waals surface area contributed by atoms with Crippen LogP contribution in [0.4, 0.5) is 5.69 Å². The molecule has 2 heterocycles. The molecule has 0 aliphatic carbocycles. The van der Waals surface area contributed by atoms with Crippen molar-refractivity contribution in [3.8, 4) is 0 Å². The lowest BCUT2D eigenvalue weighted by Crippen LogP contribution is -2.31. The number of carbonyl (C=O) groups excluding carboxylic acids is 2. The quantitative estimate of drug-likeness (QED) is 0.711. The first-order valence-electron chi connectivity index (χ1n) is 10.3. The van der Waals surface area contributed by atoms with E-state index in [1.165, 1.54) is 10.5 Å². The molecule has 2 aromatic carbocycles. The summed E-state index contributed by atoms with van der Waals surface area (Å²) in [6, 6.07) is 16.4. The van der Waals surface area contributed by atoms with Crippen molar-refractivity contribution in [2.75, 3.05) is 36.8 Å². The van der Waals surface area contributed by atoms with Crippen molar-refractivity contribution in [3.05, 3.63) is 59.7 Å². The molecule has 6 heteroatoms. The summed E-state index contributed by atoms with van der Waals surface area (Å²) in [6.07, 6.45) is 2.41. The lowest BCUT2D eigenvalue weighted by atomic mass is 10.1. The molecule has 2 aromatic rings. The van der Waals surface area contributed by atoms with Crippen molar-refractivity contribution in [1.82, 2.24) is 10.2 Å². The summed E-state index contributed by atoms with van der Waals surface area (Å²) in [6.45, 7) is 3.99. The lowest BCUT2D eigenvalue weighted by molar-refractivity contribution is -0.127. The summed E-state index contributed by atoms with van der Waals surface area (Å²) in [5, 5.41) is 3.01. The number of nitrogens with zero attached hydrogens (tertiary/aromatic N) is 2. The minimum absolute atomic E-state index is 0.0456. The third kappa shape index (κ3) is 4.93. The number of fused-ring (bicyclic) bond motifs is 1. The van der Waals surface area contributed by atoms with Crippen LogP contribution in [-0.2, 0) is 11.3 Å². The van der Waals surface area contributed by atoms with Gasteiger partial charge in [-0.25, -0.2) is 0 Å². The molecule has 1 fully saturated rings. The van der Waals surface area contributed by atoms with Gasteiger partial charge in [-0.05, 0) is 36.6 Å². The number of hydrogen-bond donors (Lipinski definition) is 1. The molecule has 29 heavy (non-hydrogen) atoms. The van der Waals surface area contributed by atoms with E-state index in [1.54, 1.807) is 0 Å². The van der Waals surface area contributed by atoms with E-state index in [0.717, 1.165) is 50.5 Å². The van der Waals surface area contributed by atoms with Gasteiger partial charge in [-0.15, -0.1) is 11.8 Å². The average molecular weight is 410 g/mol. The van der Waals surface area contributed by atoms with Gasteiger partial charge in [0.1, 0.15) is 0 Å². The third-order valence-electron chi connectivity index (χ3n) is 5.46. The number of benzene rings is 2. The van der Waals surface area contributed by atoms with Crippen LogP contribution in [0.2, 0.25) is 0 Å². The van der Waals surface area contributed by atoms with E-state index in [-0.39, 0.29) is 11.8 Å². The Kier molecular flexibility index (Phi) is 6.39. The van der Waals surface area contributed by atoms with E-state index in [1.807, 2.05) is 34.9 Å². The smallest absolute Gasteiger partial charge is 0.251 e. The first-order chi connectivity index (χ1) is 14.2. The molecule has 0 spiro atoms. The van der Waals surface area contributed by atoms with Crippen LogP contribution < -0.4 is 10.2 Å². The minimum Gasteiger partial charge on any atom is -0.365 e. The Bertz CT molecular complexity index is 872. The van der Waals surface area contributed by atoms with Gasteiger partial charge in [-0.3, -0.25) is 9.59 Å². The summed E-state index contributed by atoms with van der Waals surface area (Å²) in [7, 11) is 0. The van der Waals surface area contributed by atoms with Gasteiger partial charge < -0.3 is 15.1 Å². The molecule has 2 amide bonds. The van der Waals surface area contributed by atoms with Gasteiger partial charge >= 0.3 is 0 Å². The van der Waals surface area contributed by atoms with Gasteiger partial charge in [0.25, 0.3) is 5.91 Å². The van der Waals surface area contributed by atoms with Crippen molar-refractivity contribution >= 4 is 29.3 Å². The van der Waals surface area contributed by atoms with Crippen LogP contribution >= 0.6 is 11.8 Å². The summed E-state index contributed by atoms with van der Waals surface area (Å²) < 4.78 is 0. The van der Waals surface area contributed by atoms with Crippen LogP contribution in [0.15, 0.2) is 53.4 Å². The first kappa shape index (κ1) is 19.8. The van der Waals surface area contributed by atoms with Crippen LogP contribution in [0.1, 0.15) is 35.2 Å². The fourth-order valence-corrected chi connectivity index (χ4v) is 4.93. The summed E-state index contributed by atoms with van der Waals surface area (Å²) in [4.78, 5) is 29.8. The predicted octanol–water partition coefficient (Wildman–Crippen LogP) is 3.54. The number of nitrogens with one attached hydrogen (secondary N) is 1. The number of likely N-dealkylation sites (tertiary alicyclic amines) is 1. The van der Waals surface area contributed by atoms with Crippen molar-refractivity contribution < 1.29 is 9.59 Å². The van der Waals surface area contributed by atoms with Crippen LogP contribution in [0.3, 0.4) is 0 Å². The molecule has 0 saturated carbocycles. The van der Waals surface area contributed by atoms with E-state index in [2.05, 4.69) is 40.5 Å². The molecule has 152 valence electrons. The standard InChI is InChI=1S/C23H27N3O2S/c27-22-8-4-12-25(22)13-5-11-24-23(28)19-9-10-21-20(16-19)26(14-15-29-21)17-18-6-2-1-3-7-18/h1-3,6-7,9-10,16H,4-5,8,11-15,17H2,(H,24,28). The molecule has 0 unspecified atom stereocenters. The number of amides is 2. The van der Waals surface area contributed by atoms with E-state index in [0.29, 0.717) is 18.5 Å². The highest BCUT2D eigenvalue weighted by atomic mass is 32.2. The molecule has 0 bridgehead atoms. The van der Waals surface area contributed by atoms with Gasteiger partial charge in [-0.2, -0.15) is 0 Å². The topological polar surface area (TPSA) is 52.7 Å². The number of thioether (sulfide) groups is 1. The number of rotatable bonds is 7. The molecule has 5 nitrogen and oxygen atoms in total. The zero-order chi connectivity index (χ0) is 20.1. The Balaban J connectivity index is 1.36. The maximum Gasteiger partial charge on any atom is 0.251 e. The van der Waals surface area contributed by atoms with E-state index in [4.69, 9.17) is 0 Å². The van der Waals surface area contributed by atoms with Crippen molar-refractivity contribution in [1.29, 1.82) is 0 Å². The molecule has 4 rings (SSSR count). The molecule has 2 aliphatic heterocycles. The highest BCUT2D eigenvalue weighted by molar-refractivity contribution is 7.99. The Morgan fingerprint density at radius 3 is 2.72 bits per heavy atom. The van der Waals surface area contributed by atoms with Crippen LogP contribution in [0.5, 0.6) is 0 Å². The van der Waals surface area contributed by atoms with Gasteiger partial charge in [-0.1, -0.05) is 30.3 Å². The van der Waals surface area contributed by atoms with Crippen LogP contribution in [-0.4, -0.2) is 48.6 Å². The van der Waals surface area contributed by atoms with Gasteiger partial charge in [0.2, 0.25) is 5.91 Å². The Labute approximate surface area is 176 Å². The van der Waals surface area contributed by atoms with Crippen molar-refractivity contribution in [3.63, 3.8) is 0 Å². The van der Waals surface area contributed by atoms with Gasteiger partial charge in [0.05, 0.1) is 5.69 Å². The fraction of sp³-hybridized carbons (Fsp3) is 0.391. The maximum absolute atomic E-state index is 12.6. The highest BCUT2D eigenvalue weighted by Crippen LogP contribution is 2.36. The molecular weight excluding hydrogens is 382 g/mol. The predicted molar refractivity (Wildman–Crippen MR) is 117 cm³/mol. The zero-order valence-corrected chi connectivity index (χ0v) is 17.4. The summed E-state index contributed by atoms with van der Waals surface area (Å²) in [5.74, 6) is 1.25. The zero-order valence-electron chi connectivity index (χ0n) is 16.6. The number of hydrogen-bond acceptors (Lipinski definition) is 4. The van der Waals surface area contributed by atoms with E-state index >= 15 is 0 Å². The third-order valence-corrected chi connectivity index (χ3v) is 6.50. The number of anilines is 1. The SMILES string of the molecule is O=C(NCCCN1CCCC1=O)c1ccc2c(c1)N(Cc1ccccc1)CCS2. The van der Waals surface area contributed by atoms with Gasteiger partial charge in [0, 0.05) is 55.4 Å². The molecule has 1 N–H and O–H groups in total. The van der Waals surface area contributed by atoms with Crippen molar-refractivity contribution in [2.45, 2.75) is 30.7 Å². The van der Waals surface area contributed by atoms with Crippen molar-refractivity contribution in [2.24, 2.45) is 0 Å². The molecule has 0 radical (unpaired) electrons. The van der Waals surface area contributed by atoms with Crippen LogP contribution in [0, 0.1) is 0 Å². The van der Waals surface area contributed by atoms with E-state index in [9.17, 15) is 9.59 Å². The van der Waals surface area contributed by atoms with E-state index < -0.39 is 0 Å². The average Bonchev–Trinajstić information content (AvgIpc) is 3.16. The Hall–Kier alpha value is -2.47. The minimum atomic E-state index is -0.0456. The second kappa shape index (κ2) is 9.35. The largest absolute Gasteiger partial charge is 0.365 e. The molecular formula is C23H27N3O2S. The maximum atomic E-state index is 12.6. The Morgan fingerprint density at radius 2 is 1.93 bits per heavy atom. The normalized spacial score (nSPS) is 16.1. The molecule has 2 aliphatic rings. The molecule has 0 aromatic heterocycles. The second-order valence-corrected chi connectivity index (χ2v) is 8.67. The van der Waals surface area contributed by atoms with Crippen LogP contribution in [0.25, 0.3) is 0 Å². The van der Waals surface area contributed by atoms with Gasteiger partial charge in [0.15, 0.2) is 0 Å². The Morgan fingerprint density at radius 1 is 1.07 bits per heavy atom. The highest BCUT2D eigenvalue weighted by Gasteiger charge is 2.21. The first-order valence-corrected chi connectivity index (χ1v) is 11.3. The number of carbonyl (C=O) groups is 2.